The molecular formula is C11H19NO2. The lowest BCUT2D eigenvalue weighted by Gasteiger charge is -2.43. The first-order valence-corrected chi connectivity index (χ1v) is 5.67. The van der Waals surface area contributed by atoms with Gasteiger partial charge in [-0.05, 0) is 31.6 Å². The van der Waals surface area contributed by atoms with Gasteiger partial charge in [0.1, 0.15) is 0 Å². The van der Waals surface area contributed by atoms with Crippen LogP contribution in [0.1, 0.15) is 38.5 Å². The molecule has 3 heteroatoms. The molecule has 1 saturated heterocycles. The van der Waals surface area contributed by atoms with Crippen LogP contribution in [-0.4, -0.2) is 30.7 Å². The topological polar surface area (TPSA) is 29.5 Å². The van der Waals surface area contributed by atoms with E-state index in [1.54, 1.807) is 0 Å². The van der Waals surface area contributed by atoms with Crippen molar-refractivity contribution in [2.45, 2.75) is 44.6 Å². The standard InChI is InChI=1S/C11H19NO2/c1-14-11(13)12-8-4-6-9-5-2-3-7-10(9)12/h9-10H,2-8H2,1H3/t9-,10+/m1/s1. The minimum atomic E-state index is -0.124. The van der Waals surface area contributed by atoms with Gasteiger partial charge in [-0.15, -0.1) is 0 Å². The van der Waals surface area contributed by atoms with Crippen LogP contribution in [0, 0.1) is 5.92 Å². The molecule has 2 rings (SSSR count). The molecule has 0 spiro atoms. The van der Waals surface area contributed by atoms with Crippen LogP contribution >= 0.6 is 0 Å². The van der Waals surface area contributed by atoms with Gasteiger partial charge in [-0.1, -0.05) is 12.8 Å². The normalized spacial score (nSPS) is 32.2. The molecule has 1 heterocycles. The molecule has 1 aliphatic heterocycles. The zero-order valence-corrected chi connectivity index (χ0v) is 8.87. The summed E-state index contributed by atoms with van der Waals surface area (Å²) in [5, 5.41) is 0. The molecule has 0 N–H and O–H groups in total. The van der Waals surface area contributed by atoms with E-state index in [1.807, 2.05) is 4.90 Å². The van der Waals surface area contributed by atoms with E-state index in [1.165, 1.54) is 39.2 Å². The van der Waals surface area contributed by atoms with E-state index in [0.717, 1.165) is 18.9 Å². The number of likely N-dealkylation sites (tertiary alicyclic amines) is 1. The Hall–Kier alpha value is -0.730. The van der Waals surface area contributed by atoms with Crippen LogP contribution in [0.25, 0.3) is 0 Å². The van der Waals surface area contributed by atoms with Gasteiger partial charge in [0.2, 0.25) is 0 Å². The monoisotopic (exact) mass is 197 g/mol. The molecule has 0 aromatic rings. The molecule has 1 aliphatic carbocycles. The molecule has 1 saturated carbocycles. The van der Waals surface area contributed by atoms with Gasteiger partial charge in [0.15, 0.2) is 0 Å². The lowest BCUT2D eigenvalue weighted by Crippen LogP contribution is -2.49. The Morgan fingerprint density at radius 2 is 1.93 bits per heavy atom. The van der Waals surface area contributed by atoms with Crippen LogP contribution in [-0.2, 0) is 4.74 Å². The molecule has 14 heavy (non-hydrogen) atoms. The maximum Gasteiger partial charge on any atom is 0.409 e. The molecule has 80 valence electrons. The van der Waals surface area contributed by atoms with Crippen LogP contribution in [0.4, 0.5) is 4.79 Å². The van der Waals surface area contributed by atoms with Gasteiger partial charge in [-0.3, -0.25) is 0 Å². The number of piperidine rings is 1. The highest BCUT2D eigenvalue weighted by Gasteiger charge is 2.35. The van der Waals surface area contributed by atoms with Crippen molar-refractivity contribution in [3.8, 4) is 0 Å². The first kappa shape index (κ1) is 9.81. The molecule has 3 nitrogen and oxygen atoms in total. The Labute approximate surface area is 85.4 Å². The van der Waals surface area contributed by atoms with Crippen molar-refractivity contribution >= 4 is 6.09 Å². The van der Waals surface area contributed by atoms with Gasteiger partial charge in [0.25, 0.3) is 0 Å². The molecule has 0 aromatic heterocycles. The second-order valence-corrected chi connectivity index (χ2v) is 4.42. The third-order valence-corrected chi connectivity index (χ3v) is 3.65. The number of fused-ring (bicyclic) bond motifs is 1. The predicted octanol–water partition coefficient (Wildman–Crippen LogP) is 2.41. The molecule has 1 amide bonds. The highest BCUT2D eigenvalue weighted by molar-refractivity contribution is 5.68. The fourth-order valence-electron chi connectivity index (χ4n) is 2.97. The first-order valence-electron chi connectivity index (χ1n) is 5.67. The van der Waals surface area contributed by atoms with Crippen LogP contribution < -0.4 is 0 Å². The zero-order chi connectivity index (χ0) is 9.97. The minimum absolute atomic E-state index is 0.124. The summed E-state index contributed by atoms with van der Waals surface area (Å²) in [7, 11) is 1.48. The van der Waals surface area contributed by atoms with Crippen LogP contribution in [0.3, 0.4) is 0 Å². The Kier molecular flexibility index (Phi) is 2.94. The van der Waals surface area contributed by atoms with E-state index in [4.69, 9.17) is 4.74 Å². The number of methoxy groups -OCH3 is 1. The summed E-state index contributed by atoms with van der Waals surface area (Å²) in [5.74, 6) is 0.747. The summed E-state index contributed by atoms with van der Waals surface area (Å²) in [6.07, 6.45) is 7.43. The van der Waals surface area contributed by atoms with E-state index < -0.39 is 0 Å². The zero-order valence-electron chi connectivity index (χ0n) is 8.87. The van der Waals surface area contributed by atoms with Crippen LogP contribution in [0.2, 0.25) is 0 Å². The Morgan fingerprint density at radius 3 is 2.71 bits per heavy atom. The highest BCUT2D eigenvalue weighted by atomic mass is 16.5. The molecule has 0 radical (unpaired) electrons. The second-order valence-electron chi connectivity index (χ2n) is 4.42. The predicted molar refractivity (Wildman–Crippen MR) is 54.1 cm³/mol. The first-order chi connectivity index (χ1) is 6.83. The van der Waals surface area contributed by atoms with Gasteiger partial charge in [-0.2, -0.15) is 0 Å². The van der Waals surface area contributed by atoms with Crippen molar-refractivity contribution in [2.24, 2.45) is 5.92 Å². The summed E-state index contributed by atoms with van der Waals surface area (Å²) in [6.45, 7) is 0.897. The molecule has 2 atom stereocenters. The number of amides is 1. The lowest BCUT2D eigenvalue weighted by atomic mass is 9.78. The Bertz CT molecular complexity index is 215. The van der Waals surface area contributed by atoms with Gasteiger partial charge >= 0.3 is 6.09 Å². The summed E-state index contributed by atoms with van der Waals surface area (Å²) in [4.78, 5) is 13.5. The molecule has 2 fully saturated rings. The summed E-state index contributed by atoms with van der Waals surface area (Å²) in [6, 6.07) is 0.477. The average Bonchev–Trinajstić information content (AvgIpc) is 2.27. The SMILES string of the molecule is COC(=O)N1CCC[C@H]2CCCC[C@@H]21. The average molecular weight is 197 g/mol. The van der Waals surface area contributed by atoms with Gasteiger partial charge in [0, 0.05) is 12.6 Å². The number of carbonyl (C=O) groups is 1. The molecule has 0 bridgehead atoms. The molecule has 0 unspecified atom stereocenters. The lowest BCUT2D eigenvalue weighted by molar-refractivity contribution is 0.0476. The van der Waals surface area contributed by atoms with Crippen LogP contribution in [0.15, 0.2) is 0 Å². The summed E-state index contributed by atoms with van der Waals surface area (Å²) >= 11 is 0. The van der Waals surface area contributed by atoms with Crippen molar-refractivity contribution in [2.75, 3.05) is 13.7 Å². The van der Waals surface area contributed by atoms with E-state index in [0.29, 0.717) is 6.04 Å². The maximum atomic E-state index is 11.5. The number of ether oxygens (including phenoxy) is 1. The van der Waals surface area contributed by atoms with E-state index in [-0.39, 0.29) is 6.09 Å². The minimum Gasteiger partial charge on any atom is -0.453 e. The quantitative estimate of drug-likeness (QED) is 0.597. The van der Waals surface area contributed by atoms with Crippen molar-refractivity contribution in [1.82, 2.24) is 4.90 Å². The van der Waals surface area contributed by atoms with Crippen molar-refractivity contribution < 1.29 is 9.53 Å². The third kappa shape index (κ3) is 1.72. The fraction of sp³-hybridized carbons (Fsp3) is 0.909. The molecule has 2 aliphatic rings. The van der Waals surface area contributed by atoms with Crippen molar-refractivity contribution in [3.05, 3.63) is 0 Å². The Morgan fingerprint density at radius 1 is 1.21 bits per heavy atom. The van der Waals surface area contributed by atoms with Crippen LogP contribution in [0.5, 0.6) is 0 Å². The van der Waals surface area contributed by atoms with E-state index in [9.17, 15) is 4.79 Å². The third-order valence-electron chi connectivity index (χ3n) is 3.65. The molecule has 0 aromatic carbocycles. The highest BCUT2D eigenvalue weighted by Crippen LogP contribution is 2.35. The van der Waals surface area contributed by atoms with E-state index >= 15 is 0 Å². The van der Waals surface area contributed by atoms with Gasteiger partial charge < -0.3 is 9.64 Å². The second kappa shape index (κ2) is 4.20. The molecular weight excluding hydrogens is 178 g/mol. The fourth-order valence-corrected chi connectivity index (χ4v) is 2.97. The maximum absolute atomic E-state index is 11.5. The van der Waals surface area contributed by atoms with Crippen molar-refractivity contribution in [1.29, 1.82) is 0 Å². The number of rotatable bonds is 0. The summed E-state index contributed by atoms with van der Waals surface area (Å²) < 4.78 is 4.83. The number of nitrogens with zero attached hydrogens (tertiary/aromatic N) is 1. The summed E-state index contributed by atoms with van der Waals surface area (Å²) in [5.41, 5.74) is 0. The van der Waals surface area contributed by atoms with Gasteiger partial charge in [0.05, 0.1) is 7.11 Å². The Balaban J connectivity index is 2.04. The number of carbonyl (C=O) groups excluding carboxylic acids is 1. The number of hydrogen-bond donors (Lipinski definition) is 0. The van der Waals surface area contributed by atoms with Gasteiger partial charge in [-0.25, -0.2) is 4.79 Å². The smallest absolute Gasteiger partial charge is 0.409 e. The largest absolute Gasteiger partial charge is 0.453 e. The number of hydrogen-bond acceptors (Lipinski definition) is 2. The van der Waals surface area contributed by atoms with Crippen molar-refractivity contribution in [3.63, 3.8) is 0 Å². The van der Waals surface area contributed by atoms with E-state index in [2.05, 4.69) is 0 Å².